The molecule has 4 heterocycles. The van der Waals surface area contributed by atoms with Gasteiger partial charge < -0.3 is 46.7 Å². The summed E-state index contributed by atoms with van der Waals surface area (Å²) in [6, 6.07) is 14.9. The zero-order chi connectivity index (χ0) is 38.1. The molecule has 282 valence electrons. The molecule has 4 atom stereocenters. The van der Waals surface area contributed by atoms with E-state index in [0.717, 1.165) is 33.4 Å². The van der Waals surface area contributed by atoms with Crippen LogP contribution in [0.15, 0.2) is 65.7 Å². The first-order valence-electron chi connectivity index (χ1n) is 18.1. The van der Waals surface area contributed by atoms with Crippen LogP contribution in [0, 0.1) is 0 Å². The van der Waals surface area contributed by atoms with Crippen molar-refractivity contribution >= 4 is 35.5 Å². The first-order chi connectivity index (χ1) is 26.0. The summed E-state index contributed by atoms with van der Waals surface area (Å²) in [7, 11) is 0. The molecule has 3 aromatic rings. The van der Waals surface area contributed by atoms with Crippen molar-refractivity contribution in [2.24, 2.45) is 22.2 Å². The van der Waals surface area contributed by atoms with Crippen LogP contribution >= 0.6 is 0 Å². The minimum Gasteiger partial charge on any atom is -0.454 e. The molecule has 0 fully saturated rings. The number of benzene rings is 3. The van der Waals surface area contributed by atoms with Gasteiger partial charge in [-0.1, -0.05) is 48.5 Å². The lowest BCUT2D eigenvalue weighted by molar-refractivity contribution is -0.152. The third kappa shape index (κ3) is 7.25. The third-order valence-corrected chi connectivity index (χ3v) is 10.8. The van der Waals surface area contributed by atoms with E-state index in [-0.39, 0.29) is 76.4 Å². The van der Waals surface area contributed by atoms with E-state index < -0.39 is 41.9 Å². The number of fused-ring (bicyclic) bond motifs is 4. The molecule has 0 saturated heterocycles. The van der Waals surface area contributed by atoms with E-state index in [1.807, 2.05) is 60.7 Å². The van der Waals surface area contributed by atoms with E-state index in [0.29, 0.717) is 17.9 Å². The molecule has 5 amide bonds. The van der Waals surface area contributed by atoms with E-state index in [9.17, 15) is 24.0 Å². The number of rotatable bonds is 9. The molecule has 7 rings (SSSR count). The van der Waals surface area contributed by atoms with Gasteiger partial charge in [0.05, 0.1) is 0 Å². The van der Waals surface area contributed by atoms with Crippen molar-refractivity contribution in [1.29, 1.82) is 0 Å². The summed E-state index contributed by atoms with van der Waals surface area (Å²) in [6.07, 6.45) is 1.10. The fourth-order valence-corrected chi connectivity index (χ4v) is 7.95. The van der Waals surface area contributed by atoms with Crippen LogP contribution in [0.1, 0.15) is 53.1 Å². The molecule has 4 aliphatic rings. The molecule has 0 radical (unpaired) electrons. The summed E-state index contributed by atoms with van der Waals surface area (Å²) in [5, 5.41) is 2.95. The van der Waals surface area contributed by atoms with E-state index in [4.69, 9.17) is 26.7 Å². The molecule has 0 bridgehead atoms. The Morgan fingerprint density at radius 3 is 1.91 bits per heavy atom. The number of nitrogens with zero attached hydrogens (tertiary/aromatic N) is 4. The topological polar surface area (TPSA) is 216 Å². The second-order valence-electron chi connectivity index (χ2n) is 14.2. The molecule has 1 unspecified atom stereocenters. The molecule has 15 heteroatoms. The summed E-state index contributed by atoms with van der Waals surface area (Å²) in [5.74, 6) is -1.39. The van der Waals surface area contributed by atoms with Crippen molar-refractivity contribution in [2.75, 3.05) is 13.3 Å². The average molecular weight is 737 g/mol. The summed E-state index contributed by atoms with van der Waals surface area (Å²) in [4.78, 5) is 78.0. The van der Waals surface area contributed by atoms with Crippen molar-refractivity contribution in [1.82, 2.24) is 20.0 Å². The van der Waals surface area contributed by atoms with Crippen LogP contribution in [0.2, 0.25) is 0 Å². The number of carbonyl (C=O) groups excluding carboxylic acids is 5. The predicted molar refractivity (Wildman–Crippen MR) is 196 cm³/mol. The zero-order valence-corrected chi connectivity index (χ0v) is 30.0. The van der Waals surface area contributed by atoms with Crippen molar-refractivity contribution in [3.63, 3.8) is 0 Å². The minimum absolute atomic E-state index is 0.0523. The Bertz CT molecular complexity index is 2030. The SMILES string of the molecule is CC(=O)N1Cc2ccccc2C[C@H]1C(=O)N1Cc2cc3c(cc2CC1C(=O)N[C@@H](CCCN=C(N)N)C(=O)N1Cc2ccccc2C[C@H]1C(N)=O)OCO3. The quantitative estimate of drug-likeness (QED) is 0.137. The number of hydrogen-bond acceptors (Lipinski definition) is 8. The second-order valence-corrected chi connectivity index (χ2v) is 14.2. The van der Waals surface area contributed by atoms with Crippen LogP contribution in [-0.2, 0) is 62.9 Å². The van der Waals surface area contributed by atoms with E-state index in [1.165, 1.54) is 16.7 Å². The monoisotopic (exact) mass is 736 g/mol. The Hall–Kier alpha value is -6.12. The minimum atomic E-state index is -1.11. The Morgan fingerprint density at radius 2 is 1.30 bits per heavy atom. The van der Waals surface area contributed by atoms with Gasteiger partial charge in [0, 0.05) is 52.4 Å². The van der Waals surface area contributed by atoms with E-state index in [2.05, 4.69) is 10.3 Å². The number of amides is 5. The van der Waals surface area contributed by atoms with Crippen LogP contribution in [-0.4, -0.2) is 87.7 Å². The molecule has 4 aliphatic heterocycles. The Balaban J connectivity index is 1.21. The van der Waals surface area contributed by atoms with Gasteiger partial charge >= 0.3 is 0 Å². The first-order valence-corrected chi connectivity index (χ1v) is 18.1. The lowest BCUT2D eigenvalue weighted by atomic mass is 9.89. The molecule has 0 aliphatic carbocycles. The van der Waals surface area contributed by atoms with Gasteiger partial charge in [0.25, 0.3) is 0 Å². The molecule has 54 heavy (non-hydrogen) atoms. The van der Waals surface area contributed by atoms with Crippen LogP contribution in [0.4, 0.5) is 0 Å². The highest BCUT2D eigenvalue weighted by atomic mass is 16.7. The number of primary amides is 1. The Labute approximate surface area is 312 Å². The summed E-state index contributed by atoms with van der Waals surface area (Å²) < 4.78 is 11.3. The van der Waals surface area contributed by atoms with Gasteiger partial charge in [-0.25, -0.2) is 0 Å². The number of carbonyl (C=O) groups is 5. The fourth-order valence-electron chi connectivity index (χ4n) is 7.95. The van der Waals surface area contributed by atoms with Crippen LogP contribution in [0.25, 0.3) is 0 Å². The van der Waals surface area contributed by atoms with Crippen molar-refractivity contribution in [3.8, 4) is 11.5 Å². The zero-order valence-electron chi connectivity index (χ0n) is 30.0. The molecule has 0 spiro atoms. The number of hydrogen-bond donors (Lipinski definition) is 4. The van der Waals surface area contributed by atoms with E-state index in [1.54, 1.807) is 4.90 Å². The van der Waals surface area contributed by atoms with Gasteiger partial charge in [-0.3, -0.25) is 29.0 Å². The molecular weight excluding hydrogens is 692 g/mol. The maximum atomic E-state index is 14.7. The Kier molecular flexibility index (Phi) is 10.1. The lowest BCUT2D eigenvalue weighted by Crippen LogP contribution is -2.62. The van der Waals surface area contributed by atoms with Gasteiger partial charge in [-0.05, 0) is 58.4 Å². The van der Waals surface area contributed by atoms with Gasteiger partial charge in [0.2, 0.25) is 36.3 Å². The van der Waals surface area contributed by atoms with Crippen LogP contribution < -0.4 is 32.0 Å². The highest BCUT2D eigenvalue weighted by Crippen LogP contribution is 2.39. The number of ether oxygens (including phenoxy) is 2. The summed E-state index contributed by atoms with van der Waals surface area (Å²) in [5.41, 5.74) is 22.2. The maximum absolute atomic E-state index is 14.7. The largest absolute Gasteiger partial charge is 0.454 e. The number of nitrogens with two attached hydrogens (primary N) is 3. The third-order valence-electron chi connectivity index (χ3n) is 10.8. The smallest absolute Gasteiger partial charge is 0.246 e. The highest BCUT2D eigenvalue weighted by Gasteiger charge is 2.44. The van der Waals surface area contributed by atoms with Crippen LogP contribution in [0.5, 0.6) is 11.5 Å². The van der Waals surface area contributed by atoms with Gasteiger partial charge in [-0.15, -0.1) is 0 Å². The van der Waals surface area contributed by atoms with Crippen molar-refractivity contribution in [2.45, 2.75) is 82.8 Å². The maximum Gasteiger partial charge on any atom is 0.246 e. The van der Waals surface area contributed by atoms with Crippen LogP contribution in [0.3, 0.4) is 0 Å². The number of aliphatic imine (C=N–C) groups is 1. The Morgan fingerprint density at radius 1 is 0.741 bits per heavy atom. The predicted octanol–water partition coefficient (Wildman–Crippen LogP) is 0.619. The number of guanidine groups is 1. The molecule has 3 aromatic carbocycles. The van der Waals surface area contributed by atoms with E-state index >= 15 is 0 Å². The molecule has 0 saturated carbocycles. The normalized spacial score (nSPS) is 20.2. The molecule has 15 nitrogen and oxygen atoms in total. The summed E-state index contributed by atoms with van der Waals surface area (Å²) >= 11 is 0. The standard InChI is InChI=1S/C39H44N8O7/c1-22(48)45-18-25-9-4-3-8-24(25)14-32(45)38(52)47-20-28-17-34-33(53-21-54-34)16-27(28)15-31(47)36(50)44-29(11-6-12-43-39(41)42)37(51)46-19-26-10-5-2-7-23(26)13-30(46)35(40)49/h2-5,7-10,16-17,29-32H,6,11-15,18-21H2,1H3,(H2,40,49)(H,44,50)(H4,41,42,43)/t29-,30-,31?,32-/m0/s1. The first kappa shape index (κ1) is 36.2. The number of nitrogens with one attached hydrogen (secondary N) is 1. The second kappa shape index (κ2) is 15.1. The average Bonchev–Trinajstić information content (AvgIpc) is 3.63. The van der Waals surface area contributed by atoms with Crippen molar-refractivity contribution in [3.05, 3.63) is 94.0 Å². The molecule has 0 aromatic heterocycles. The molecular formula is C39H44N8O7. The van der Waals surface area contributed by atoms with Crippen molar-refractivity contribution < 1.29 is 33.4 Å². The van der Waals surface area contributed by atoms with Gasteiger partial charge in [0.15, 0.2) is 17.5 Å². The highest BCUT2D eigenvalue weighted by molar-refractivity contribution is 5.96. The van der Waals surface area contributed by atoms with Gasteiger partial charge in [-0.2, -0.15) is 0 Å². The lowest BCUT2D eigenvalue weighted by Gasteiger charge is -2.43. The van der Waals surface area contributed by atoms with Gasteiger partial charge in [0.1, 0.15) is 24.2 Å². The fraction of sp³-hybridized carbons (Fsp3) is 0.385. The molecule has 7 N–H and O–H groups in total. The summed E-state index contributed by atoms with van der Waals surface area (Å²) in [6.45, 7) is 2.12.